The fraction of sp³-hybridized carbons (Fsp3) is 0.375. The van der Waals surface area contributed by atoms with Gasteiger partial charge in [-0.15, -0.1) is 5.10 Å². The molecule has 2 aromatic carbocycles. The minimum atomic E-state index is -3.18. The highest BCUT2D eigenvalue weighted by Gasteiger charge is 2.32. The molecule has 174 valence electrons. The number of rotatable bonds is 7. The monoisotopic (exact) mass is 454 g/mol. The summed E-state index contributed by atoms with van der Waals surface area (Å²) < 4.78 is 30.6. The molecule has 1 aliphatic rings. The van der Waals surface area contributed by atoms with Crippen LogP contribution in [0.3, 0.4) is 0 Å². The Bertz CT molecular complexity index is 1090. The number of likely N-dealkylation sites (N-methyl/N-ethyl adjacent to an activating group) is 1. The molecule has 7 nitrogen and oxygen atoms in total. The standard InChI is InChI=1S/C24H28F2N6O/c1-18-8-9-21(23(33)27-17-24(25,26)19-6-4-3-5-7-19)22(14-18)32-16-20(28-29-32)15-31-12-10-30(2)11-13-31/h3-9,14,16H,10-13,15,17H2,1-2H3,(H,27,33). The van der Waals surface area contributed by atoms with Gasteiger partial charge in [-0.05, 0) is 31.7 Å². The van der Waals surface area contributed by atoms with Crippen molar-refractivity contribution < 1.29 is 13.6 Å². The lowest BCUT2D eigenvalue weighted by Crippen LogP contribution is -2.43. The zero-order valence-electron chi connectivity index (χ0n) is 18.8. The summed E-state index contributed by atoms with van der Waals surface area (Å²) in [6.45, 7) is 5.69. The molecule has 0 bridgehead atoms. The molecule has 0 unspecified atom stereocenters. The average Bonchev–Trinajstić information content (AvgIpc) is 3.28. The first-order valence-electron chi connectivity index (χ1n) is 11.0. The Kier molecular flexibility index (Phi) is 6.80. The molecule has 0 radical (unpaired) electrons. The summed E-state index contributed by atoms with van der Waals surface area (Å²) in [6, 6.07) is 12.7. The lowest BCUT2D eigenvalue weighted by molar-refractivity contribution is -0.00247. The zero-order valence-corrected chi connectivity index (χ0v) is 18.8. The molecule has 0 saturated carbocycles. The molecule has 2 heterocycles. The Morgan fingerprint density at radius 3 is 2.55 bits per heavy atom. The number of amides is 1. The summed E-state index contributed by atoms with van der Waals surface area (Å²) in [4.78, 5) is 17.5. The first-order chi connectivity index (χ1) is 15.8. The maximum atomic E-state index is 14.5. The maximum absolute atomic E-state index is 14.5. The van der Waals surface area contributed by atoms with Crippen LogP contribution in [-0.2, 0) is 12.5 Å². The SMILES string of the molecule is Cc1ccc(C(=O)NCC(F)(F)c2ccccc2)c(-n2cc(CN3CCN(C)CC3)nn2)c1. The minimum absolute atomic E-state index is 0.140. The lowest BCUT2D eigenvalue weighted by Gasteiger charge is -2.31. The Labute approximate surface area is 192 Å². The predicted octanol–water partition coefficient (Wildman–Crippen LogP) is 2.84. The van der Waals surface area contributed by atoms with E-state index in [2.05, 4.69) is 32.5 Å². The van der Waals surface area contributed by atoms with Crippen molar-refractivity contribution in [2.45, 2.75) is 19.4 Å². The smallest absolute Gasteiger partial charge is 0.290 e. The van der Waals surface area contributed by atoms with Crippen molar-refractivity contribution in [1.82, 2.24) is 30.1 Å². The highest BCUT2D eigenvalue weighted by atomic mass is 19.3. The van der Waals surface area contributed by atoms with Gasteiger partial charge in [0.2, 0.25) is 0 Å². The van der Waals surface area contributed by atoms with Crippen LogP contribution in [0.5, 0.6) is 0 Å². The molecule has 0 aliphatic carbocycles. The fourth-order valence-electron chi connectivity index (χ4n) is 3.82. The van der Waals surface area contributed by atoms with Crippen molar-refractivity contribution in [1.29, 1.82) is 0 Å². The Hall–Kier alpha value is -3.17. The van der Waals surface area contributed by atoms with Crippen molar-refractivity contribution >= 4 is 5.91 Å². The highest BCUT2D eigenvalue weighted by molar-refractivity contribution is 5.97. The van der Waals surface area contributed by atoms with E-state index in [1.54, 1.807) is 47.3 Å². The second-order valence-corrected chi connectivity index (χ2v) is 8.51. The van der Waals surface area contributed by atoms with E-state index in [1.165, 1.54) is 12.1 Å². The summed E-state index contributed by atoms with van der Waals surface area (Å²) >= 11 is 0. The van der Waals surface area contributed by atoms with Gasteiger partial charge in [-0.1, -0.05) is 41.6 Å². The molecular weight excluding hydrogens is 426 g/mol. The molecule has 1 aliphatic heterocycles. The summed E-state index contributed by atoms with van der Waals surface area (Å²) in [6.07, 6.45) is 1.79. The third-order valence-electron chi connectivity index (χ3n) is 5.83. The van der Waals surface area contributed by atoms with Crippen LogP contribution in [-0.4, -0.2) is 70.5 Å². The van der Waals surface area contributed by atoms with Gasteiger partial charge < -0.3 is 10.2 Å². The van der Waals surface area contributed by atoms with Gasteiger partial charge in [0.15, 0.2) is 0 Å². The number of carbonyl (C=O) groups excluding carboxylic acids is 1. The number of halogens is 2. The molecule has 1 amide bonds. The fourth-order valence-corrected chi connectivity index (χ4v) is 3.82. The average molecular weight is 455 g/mol. The maximum Gasteiger partial charge on any atom is 0.290 e. The summed E-state index contributed by atoms with van der Waals surface area (Å²) in [7, 11) is 2.10. The number of hydrogen-bond donors (Lipinski definition) is 1. The molecule has 3 aromatic rings. The zero-order chi connectivity index (χ0) is 23.4. The normalized spacial score (nSPS) is 15.5. The van der Waals surface area contributed by atoms with Crippen LogP contribution in [0.4, 0.5) is 8.78 Å². The first-order valence-corrected chi connectivity index (χ1v) is 11.0. The lowest BCUT2D eigenvalue weighted by atomic mass is 10.1. The van der Waals surface area contributed by atoms with E-state index in [-0.39, 0.29) is 11.1 Å². The van der Waals surface area contributed by atoms with Crippen molar-refractivity contribution in [3.63, 3.8) is 0 Å². The van der Waals surface area contributed by atoms with Gasteiger partial charge in [0.05, 0.1) is 29.7 Å². The van der Waals surface area contributed by atoms with E-state index in [4.69, 9.17) is 0 Å². The van der Waals surface area contributed by atoms with Crippen molar-refractivity contribution in [2.75, 3.05) is 39.8 Å². The molecule has 1 saturated heterocycles. The number of nitrogens with zero attached hydrogens (tertiary/aromatic N) is 5. The second-order valence-electron chi connectivity index (χ2n) is 8.51. The van der Waals surface area contributed by atoms with Crippen LogP contribution in [0.25, 0.3) is 5.69 Å². The van der Waals surface area contributed by atoms with Gasteiger partial charge in [0.25, 0.3) is 11.8 Å². The number of hydrogen-bond acceptors (Lipinski definition) is 5. The van der Waals surface area contributed by atoms with Crippen LogP contribution in [0.15, 0.2) is 54.7 Å². The number of aryl methyl sites for hydroxylation is 1. The molecule has 4 rings (SSSR count). The molecule has 1 fully saturated rings. The number of nitrogens with one attached hydrogen (secondary N) is 1. The van der Waals surface area contributed by atoms with Crippen LogP contribution in [0, 0.1) is 6.92 Å². The largest absolute Gasteiger partial charge is 0.346 e. The van der Waals surface area contributed by atoms with Crippen molar-refractivity contribution in [2.24, 2.45) is 0 Å². The topological polar surface area (TPSA) is 66.3 Å². The molecule has 0 spiro atoms. The van der Waals surface area contributed by atoms with E-state index >= 15 is 0 Å². The minimum Gasteiger partial charge on any atom is -0.346 e. The third kappa shape index (κ3) is 5.61. The number of carbonyl (C=O) groups is 1. The van der Waals surface area contributed by atoms with Gasteiger partial charge >= 0.3 is 0 Å². The second kappa shape index (κ2) is 9.76. The Morgan fingerprint density at radius 2 is 1.82 bits per heavy atom. The molecular formula is C24H28F2N6O. The van der Waals surface area contributed by atoms with Crippen molar-refractivity contribution in [3.05, 3.63) is 77.1 Å². The van der Waals surface area contributed by atoms with Gasteiger partial charge in [-0.2, -0.15) is 8.78 Å². The first kappa shape index (κ1) is 23.0. The molecule has 0 atom stereocenters. The van der Waals surface area contributed by atoms with Gasteiger partial charge in [-0.25, -0.2) is 4.68 Å². The Balaban J connectivity index is 1.48. The van der Waals surface area contributed by atoms with E-state index in [9.17, 15) is 13.6 Å². The van der Waals surface area contributed by atoms with Crippen molar-refractivity contribution in [3.8, 4) is 5.69 Å². The molecule has 9 heteroatoms. The molecule has 1 N–H and O–H groups in total. The van der Waals surface area contributed by atoms with Gasteiger partial charge in [-0.3, -0.25) is 9.69 Å². The summed E-state index contributed by atoms with van der Waals surface area (Å²) in [5.74, 6) is -3.76. The van der Waals surface area contributed by atoms with Gasteiger partial charge in [0.1, 0.15) is 0 Å². The van der Waals surface area contributed by atoms with Gasteiger partial charge in [0, 0.05) is 38.3 Å². The van der Waals surface area contributed by atoms with E-state index in [0.29, 0.717) is 12.2 Å². The van der Waals surface area contributed by atoms with E-state index in [1.807, 2.05) is 6.92 Å². The molecule has 1 aromatic heterocycles. The van der Waals surface area contributed by atoms with Crippen LogP contribution in [0.1, 0.15) is 27.2 Å². The predicted molar refractivity (Wildman–Crippen MR) is 122 cm³/mol. The highest BCUT2D eigenvalue weighted by Crippen LogP contribution is 2.27. The quantitative estimate of drug-likeness (QED) is 0.595. The third-order valence-corrected chi connectivity index (χ3v) is 5.83. The Morgan fingerprint density at radius 1 is 1.09 bits per heavy atom. The summed E-state index contributed by atoms with van der Waals surface area (Å²) in [5.41, 5.74) is 2.35. The number of piperazine rings is 1. The van der Waals surface area contributed by atoms with Crippen LogP contribution < -0.4 is 5.32 Å². The van der Waals surface area contributed by atoms with E-state index in [0.717, 1.165) is 37.4 Å². The number of alkyl halides is 2. The van der Waals surface area contributed by atoms with Crippen LogP contribution in [0.2, 0.25) is 0 Å². The summed E-state index contributed by atoms with van der Waals surface area (Å²) in [5, 5.41) is 10.9. The van der Waals surface area contributed by atoms with Crippen LogP contribution >= 0.6 is 0 Å². The number of aromatic nitrogens is 3. The van der Waals surface area contributed by atoms with E-state index < -0.39 is 18.4 Å². The number of benzene rings is 2. The molecule has 33 heavy (non-hydrogen) atoms.